The molecule has 1 aromatic carbocycles. The highest BCUT2D eigenvalue weighted by Crippen LogP contribution is 2.30. The Labute approximate surface area is 120 Å². The average Bonchev–Trinajstić information content (AvgIpc) is 2.46. The quantitative estimate of drug-likeness (QED) is 0.228. The maximum absolute atomic E-state index is 12.4. The van der Waals surface area contributed by atoms with E-state index in [-0.39, 0.29) is 0 Å². The van der Waals surface area contributed by atoms with Gasteiger partial charge in [-0.2, -0.15) is 13.2 Å². The summed E-state index contributed by atoms with van der Waals surface area (Å²) in [6.45, 7) is 0. The number of aliphatic hydroxyl groups excluding tert-OH is 1. The van der Waals surface area contributed by atoms with Crippen LogP contribution in [-0.2, 0) is 9.53 Å². The molecule has 1 aromatic rings. The summed E-state index contributed by atoms with van der Waals surface area (Å²) in [6, 6.07) is 4.77. The molecule has 1 rings (SSSR count). The molecule has 0 radical (unpaired) electrons. The number of halogens is 3. The molecule has 11 heteroatoms. The number of rotatable bonds is 4. The first-order valence-electron chi connectivity index (χ1n) is 5.42. The number of hydrogen-bond donors (Lipinski definition) is 1. The lowest BCUT2D eigenvalue weighted by Gasteiger charge is -2.07. The standard InChI is InChI=1S/C11H8F3N3O5/c1-22-10(19)8(9(18)11(12,13)14)16-15-6-4-2-3-5-7(6)17(20)21/h2-5,18H,1H3/b9-8-,16-15?. The molecule has 0 fully saturated rings. The van der Waals surface area contributed by atoms with E-state index in [1.807, 2.05) is 0 Å². The van der Waals surface area contributed by atoms with E-state index in [0.717, 1.165) is 19.2 Å². The zero-order valence-corrected chi connectivity index (χ0v) is 10.9. The summed E-state index contributed by atoms with van der Waals surface area (Å²) >= 11 is 0. The largest absolute Gasteiger partial charge is 0.502 e. The molecule has 0 atom stereocenters. The van der Waals surface area contributed by atoms with Crippen LogP contribution in [0.15, 0.2) is 46.0 Å². The van der Waals surface area contributed by atoms with Gasteiger partial charge in [0.25, 0.3) is 5.69 Å². The summed E-state index contributed by atoms with van der Waals surface area (Å²) < 4.78 is 41.3. The van der Waals surface area contributed by atoms with Crippen LogP contribution in [0, 0.1) is 10.1 Å². The minimum Gasteiger partial charge on any atom is -0.502 e. The number of ether oxygens (including phenoxy) is 1. The Hall–Kier alpha value is -2.98. The molecule has 8 nitrogen and oxygen atoms in total. The number of carbonyl (C=O) groups excluding carboxylic acids is 1. The third-order valence-corrected chi connectivity index (χ3v) is 2.21. The Kier molecular flexibility index (Phi) is 5.16. The number of nitro benzene ring substituents is 1. The first-order chi connectivity index (χ1) is 10.2. The Bertz CT molecular complexity index is 655. The van der Waals surface area contributed by atoms with Crippen molar-refractivity contribution >= 4 is 17.3 Å². The lowest BCUT2D eigenvalue weighted by atomic mass is 10.3. The van der Waals surface area contributed by atoms with Crippen molar-refractivity contribution in [2.75, 3.05) is 7.11 Å². The van der Waals surface area contributed by atoms with Crippen LogP contribution in [0.2, 0.25) is 0 Å². The number of aliphatic hydroxyl groups is 1. The molecule has 0 aliphatic carbocycles. The zero-order valence-electron chi connectivity index (χ0n) is 10.9. The van der Waals surface area contributed by atoms with Gasteiger partial charge in [-0.1, -0.05) is 12.1 Å². The highest BCUT2D eigenvalue weighted by atomic mass is 19.4. The molecule has 0 heterocycles. The second kappa shape index (κ2) is 6.65. The number of alkyl halides is 3. The van der Waals surface area contributed by atoms with E-state index in [2.05, 4.69) is 15.0 Å². The topological polar surface area (TPSA) is 114 Å². The molecule has 0 saturated heterocycles. The van der Waals surface area contributed by atoms with E-state index in [1.165, 1.54) is 12.1 Å². The van der Waals surface area contributed by atoms with Crippen molar-refractivity contribution in [2.45, 2.75) is 6.18 Å². The number of allylic oxidation sites excluding steroid dienone is 1. The van der Waals surface area contributed by atoms with Gasteiger partial charge >= 0.3 is 12.1 Å². The number of benzene rings is 1. The van der Waals surface area contributed by atoms with Crippen LogP contribution in [0.25, 0.3) is 0 Å². The molecule has 1 N–H and O–H groups in total. The van der Waals surface area contributed by atoms with E-state index < -0.39 is 39.9 Å². The average molecular weight is 319 g/mol. The minimum absolute atomic E-state index is 0.399. The molecule has 0 bridgehead atoms. The second-order valence-corrected chi connectivity index (χ2v) is 3.63. The normalized spacial score (nSPS) is 12.9. The Balaban J connectivity index is 3.33. The predicted octanol–water partition coefficient (Wildman–Crippen LogP) is 3.18. The monoisotopic (exact) mass is 319 g/mol. The number of nitrogens with zero attached hydrogens (tertiary/aromatic N) is 3. The van der Waals surface area contributed by atoms with Crippen molar-refractivity contribution in [3.63, 3.8) is 0 Å². The zero-order chi connectivity index (χ0) is 16.9. The number of methoxy groups -OCH3 is 1. The van der Waals surface area contributed by atoms with E-state index in [4.69, 9.17) is 5.11 Å². The van der Waals surface area contributed by atoms with Gasteiger partial charge in [0.05, 0.1) is 12.0 Å². The van der Waals surface area contributed by atoms with Gasteiger partial charge in [-0.05, 0) is 6.07 Å². The second-order valence-electron chi connectivity index (χ2n) is 3.63. The summed E-state index contributed by atoms with van der Waals surface area (Å²) in [5.74, 6) is -3.92. The van der Waals surface area contributed by atoms with E-state index in [0.29, 0.717) is 0 Å². The van der Waals surface area contributed by atoms with Gasteiger partial charge in [-0.25, -0.2) is 4.79 Å². The van der Waals surface area contributed by atoms with Crippen LogP contribution in [0.3, 0.4) is 0 Å². The molecule has 0 aliphatic rings. The van der Waals surface area contributed by atoms with Crippen molar-refractivity contribution in [1.29, 1.82) is 0 Å². The third-order valence-electron chi connectivity index (χ3n) is 2.21. The fraction of sp³-hybridized carbons (Fsp3) is 0.182. The number of esters is 1. The minimum atomic E-state index is -5.26. The number of para-hydroxylation sites is 1. The molecule has 0 amide bonds. The maximum Gasteiger partial charge on any atom is 0.451 e. The Morgan fingerprint density at radius 2 is 1.95 bits per heavy atom. The maximum atomic E-state index is 12.4. The van der Waals surface area contributed by atoms with Crippen molar-refractivity contribution in [3.05, 3.63) is 45.8 Å². The van der Waals surface area contributed by atoms with Gasteiger partial charge in [0, 0.05) is 6.07 Å². The van der Waals surface area contributed by atoms with Crippen LogP contribution in [-0.4, -0.2) is 29.3 Å². The lowest BCUT2D eigenvalue weighted by Crippen LogP contribution is -2.17. The van der Waals surface area contributed by atoms with Gasteiger partial charge in [0.1, 0.15) is 0 Å². The SMILES string of the molecule is COC(=O)/C(N=Nc1ccccc1[N+](=O)[O-])=C(/O)C(F)(F)F. The van der Waals surface area contributed by atoms with Crippen LogP contribution < -0.4 is 0 Å². The predicted molar refractivity (Wildman–Crippen MR) is 65.3 cm³/mol. The lowest BCUT2D eigenvalue weighted by molar-refractivity contribution is -0.384. The highest BCUT2D eigenvalue weighted by Gasteiger charge is 2.39. The van der Waals surface area contributed by atoms with Gasteiger partial charge in [-0.3, -0.25) is 10.1 Å². The third kappa shape index (κ3) is 4.01. The van der Waals surface area contributed by atoms with Crippen LogP contribution in [0.5, 0.6) is 0 Å². The number of azo groups is 1. The van der Waals surface area contributed by atoms with Crippen molar-refractivity contribution < 1.29 is 32.7 Å². The first-order valence-corrected chi connectivity index (χ1v) is 5.42. The van der Waals surface area contributed by atoms with Gasteiger partial charge in [0.2, 0.25) is 11.5 Å². The summed E-state index contributed by atoms with van der Waals surface area (Å²) in [5, 5.41) is 25.8. The summed E-state index contributed by atoms with van der Waals surface area (Å²) in [6.07, 6.45) is -5.26. The molecule has 0 aromatic heterocycles. The smallest absolute Gasteiger partial charge is 0.451 e. The molecular formula is C11H8F3N3O5. The Morgan fingerprint density at radius 1 is 1.36 bits per heavy atom. The van der Waals surface area contributed by atoms with Gasteiger partial charge in [-0.15, -0.1) is 10.2 Å². The fourth-order valence-electron chi connectivity index (χ4n) is 1.22. The summed E-state index contributed by atoms with van der Waals surface area (Å²) in [7, 11) is 0.770. The molecule has 0 spiro atoms. The first kappa shape index (κ1) is 17.1. The van der Waals surface area contributed by atoms with Crippen molar-refractivity contribution in [1.82, 2.24) is 0 Å². The Morgan fingerprint density at radius 3 is 2.45 bits per heavy atom. The summed E-state index contributed by atoms with van der Waals surface area (Å²) in [4.78, 5) is 21.1. The van der Waals surface area contributed by atoms with Crippen LogP contribution in [0.4, 0.5) is 24.5 Å². The van der Waals surface area contributed by atoms with Crippen LogP contribution in [0.1, 0.15) is 0 Å². The molecule has 0 aliphatic heterocycles. The van der Waals surface area contributed by atoms with Crippen molar-refractivity contribution in [3.8, 4) is 0 Å². The number of nitro groups is 1. The van der Waals surface area contributed by atoms with E-state index >= 15 is 0 Å². The fourth-order valence-corrected chi connectivity index (χ4v) is 1.22. The van der Waals surface area contributed by atoms with Crippen LogP contribution >= 0.6 is 0 Å². The molecule has 0 unspecified atom stereocenters. The number of hydrogen-bond acceptors (Lipinski definition) is 7. The summed E-state index contributed by atoms with van der Waals surface area (Å²) in [5.41, 5.74) is -2.46. The van der Waals surface area contributed by atoms with Crippen molar-refractivity contribution in [2.24, 2.45) is 10.2 Å². The van der Waals surface area contributed by atoms with Gasteiger partial charge in [0.15, 0.2) is 5.69 Å². The number of carbonyl (C=O) groups is 1. The molecule has 118 valence electrons. The van der Waals surface area contributed by atoms with E-state index in [9.17, 15) is 28.1 Å². The molecular weight excluding hydrogens is 311 g/mol. The van der Waals surface area contributed by atoms with E-state index in [1.54, 1.807) is 0 Å². The highest BCUT2D eigenvalue weighted by molar-refractivity contribution is 5.88. The molecule has 0 saturated carbocycles. The van der Waals surface area contributed by atoms with Gasteiger partial charge < -0.3 is 9.84 Å². The molecule has 22 heavy (non-hydrogen) atoms.